The van der Waals surface area contributed by atoms with Gasteiger partial charge in [-0.15, -0.1) is 0 Å². The largest absolute Gasteiger partial charge is 0.310 e. The molecule has 0 atom stereocenters. The maximum atomic E-state index is 12.4. The summed E-state index contributed by atoms with van der Waals surface area (Å²) in [5, 5.41) is 18.3. The summed E-state index contributed by atoms with van der Waals surface area (Å²) in [5.41, 5.74) is 0.625. The van der Waals surface area contributed by atoms with Crippen LogP contribution in [0.25, 0.3) is 0 Å². The molecule has 4 bridgehead atoms. The van der Waals surface area contributed by atoms with Crippen LogP contribution in [-0.2, 0) is 4.79 Å². The van der Waals surface area contributed by atoms with Crippen LogP contribution in [0.1, 0.15) is 50.5 Å². The van der Waals surface area contributed by atoms with Crippen molar-refractivity contribution in [1.29, 1.82) is 5.26 Å². The monoisotopic (exact) mass is 284 g/mol. The van der Waals surface area contributed by atoms with Gasteiger partial charge in [-0.1, -0.05) is 0 Å². The van der Waals surface area contributed by atoms with E-state index in [9.17, 15) is 4.79 Å². The van der Waals surface area contributed by atoms with Crippen molar-refractivity contribution in [3.63, 3.8) is 0 Å². The molecule has 0 spiro atoms. The highest BCUT2D eigenvalue weighted by Gasteiger charge is 2.51. The summed E-state index contributed by atoms with van der Waals surface area (Å²) in [5.74, 6) is 3.02. The van der Waals surface area contributed by atoms with E-state index in [0.717, 1.165) is 17.8 Å². The van der Waals surface area contributed by atoms with Gasteiger partial charge in [0.1, 0.15) is 17.5 Å². The molecule has 4 fully saturated rings. The van der Waals surface area contributed by atoms with Gasteiger partial charge in [-0.3, -0.25) is 9.89 Å². The summed E-state index contributed by atoms with van der Waals surface area (Å²) in [7, 11) is 0. The summed E-state index contributed by atoms with van der Waals surface area (Å²) < 4.78 is 0. The minimum atomic E-state index is 0.0256. The number of nitrogens with one attached hydrogen (secondary N) is 2. The van der Waals surface area contributed by atoms with Crippen molar-refractivity contribution in [3.05, 3.63) is 11.8 Å². The topological polar surface area (TPSA) is 81.6 Å². The van der Waals surface area contributed by atoms with Crippen LogP contribution < -0.4 is 5.32 Å². The molecule has 2 N–H and O–H groups in total. The van der Waals surface area contributed by atoms with Gasteiger partial charge < -0.3 is 5.32 Å². The molecule has 110 valence electrons. The predicted octanol–water partition coefficient (Wildman–Crippen LogP) is 2.83. The summed E-state index contributed by atoms with van der Waals surface area (Å²) in [6.07, 6.45) is 9.88. The minimum Gasteiger partial charge on any atom is -0.310 e. The number of aromatic nitrogens is 2. The zero-order valence-electron chi connectivity index (χ0n) is 12.1. The lowest BCUT2D eigenvalue weighted by atomic mass is 9.49. The van der Waals surface area contributed by atoms with E-state index in [4.69, 9.17) is 5.26 Å². The molecule has 0 aliphatic heterocycles. The van der Waals surface area contributed by atoms with E-state index in [0.29, 0.717) is 17.8 Å². The van der Waals surface area contributed by atoms with Gasteiger partial charge in [-0.25, -0.2) is 0 Å². The van der Waals surface area contributed by atoms with Gasteiger partial charge in [-0.05, 0) is 61.7 Å². The van der Waals surface area contributed by atoms with Crippen molar-refractivity contribution >= 4 is 11.7 Å². The number of carbonyl (C=O) groups is 1. The molecule has 5 nitrogen and oxygen atoms in total. The Bertz CT molecular complexity index is 577. The smallest absolute Gasteiger partial charge is 0.226 e. The summed E-state index contributed by atoms with van der Waals surface area (Å²) in [6, 6.07) is 2.03. The van der Waals surface area contributed by atoms with Crippen LogP contribution in [0.3, 0.4) is 0 Å². The van der Waals surface area contributed by atoms with E-state index in [2.05, 4.69) is 15.5 Å². The van der Waals surface area contributed by atoms with Gasteiger partial charge in [0.15, 0.2) is 0 Å². The van der Waals surface area contributed by atoms with Crippen LogP contribution in [0.2, 0.25) is 0 Å². The van der Waals surface area contributed by atoms with Gasteiger partial charge in [0.25, 0.3) is 0 Å². The number of nitriles is 1. The average molecular weight is 284 g/mol. The zero-order chi connectivity index (χ0) is 14.4. The lowest BCUT2D eigenvalue weighted by Gasteiger charge is -2.56. The van der Waals surface area contributed by atoms with Crippen LogP contribution in [0.4, 0.5) is 5.82 Å². The average Bonchev–Trinajstić information content (AvgIpc) is 2.83. The lowest BCUT2D eigenvalue weighted by Crippen LogP contribution is -2.47. The molecule has 5 rings (SSSR count). The van der Waals surface area contributed by atoms with Crippen molar-refractivity contribution in [2.45, 2.75) is 44.9 Å². The lowest BCUT2D eigenvalue weighted by molar-refractivity contribution is -0.124. The molecule has 0 unspecified atom stereocenters. The highest BCUT2D eigenvalue weighted by molar-refractivity contribution is 5.91. The number of anilines is 1. The second-order valence-corrected chi connectivity index (χ2v) is 7.41. The van der Waals surface area contributed by atoms with E-state index in [1.54, 1.807) is 0 Å². The first kappa shape index (κ1) is 12.9. The second-order valence-electron chi connectivity index (χ2n) is 7.41. The Hall–Kier alpha value is -1.83. The van der Waals surface area contributed by atoms with Crippen molar-refractivity contribution in [3.8, 4) is 6.07 Å². The van der Waals surface area contributed by atoms with Gasteiger partial charge in [0.2, 0.25) is 5.91 Å². The molecule has 4 saturated carbocycles. The molecule has 0 radical (unpaired) electrons. The fourth-order valence-electron chi connectivity index (χ4n) is 5.50. The standard InChI is InChI=1S/C16H20N4O/c17-8-13-9-18-20-15(13)19-14(21)7-16-4-10-1-11(5-16)3-12(2-10)6-16/h9-12H,1-7H2,(H2,18,19,20,21). The molecule has 0 aromatic carbocycles. The number of nitrogens with zero attached hydrogens (tertiary/aromatic N) is 2. The molecular weight excluding hydrogens is 264 g/mol. The van der Waals surface area contributed by atoms with Crippen molar-refractivity contribution in [2.24, 2.45) is 23.2 Å². The quantitative estimate of drug-likeness (QED) is 0.895. The van der Waals surface area contributed by atoms with E-state index in [1.165, 1.54) is 44.7 Å². The Morgan fingerprint density at radius 2 is 1.95 bits per heavy atom. The van der Waals surface area contributed by atoms with Crippen LogP contribution in [0.5, 0.6) is 0 Å². The normalized spacial score (nSPS) is 36.4. The van der Waals surface area contributed by atoms with Crippen molar-refractivity contribution < 1.29 is 4.79 Å². The van der Waals surface area contributed by atoms with E-state index < -0.39 is 0 Å². The van der Waals surface area contributed by atoms with Crippen molar-refractivity contribution in [2.75, 3.05) is 5.32 Å². The molecule has 0 saturated heterocycles. The molecule has 1 aromatic rings. The van der Waals surface area contributed by atoms with Crippen LogP contribution >= 0.6 is 0 Å². The van der Waals surface area contributed by atoms with E-state index in [-0.39, 0.29) is 11.3 Å². The summed E-state index contributed by atoms with van der Waals surface area (Å²) in [6.45, 7) is 0. The predicted molar refractivity (Wildman–Crippen MR) is 77.2 cm³/mol. The Morgan fingerprint density at radius 3 is 2.52 bits per heavy atom. The first-order valence-corrected chi connectivity index (χ1v) is 7.89. The third-order valence-electron chi connectivity index (χ3n) is 5.72. The molecular formula is C16H20N4O. The molecule has 21 heavy (non-hydrogen) atoms. The van der Waals surface area contributed by atoms with Crippen LogP contribution in [-0.4, -0.2) is 16.1 Å². The minimum absolute atomic E-state index is 0.0256. The van der Waals surface area contributed by atoms with Gasteiger partial charge in [0.05, 0.1) is 6.20 Å². The second kappa shape index (κ2) is 4.59. The SMILES string of the molecule is N#Cc1cn[nH]c1NC(=O)CC12CC3CC(CC(C3)C1)C2. The van der Waals surface area contributed by atoms with Gasteiger partial charge in [-0.2, -0.15) is 10.4 Å². The Balaban J connectivity index is 1.46. The number of aromatic amines is 1. The summed E-state index contributed by atoms with van der Waals surface area (Å²) >= 11 is 0. The highest BCUT2D eigenvalue weighted by Crippen LogP contribution is 2.61. The molecule has 1 amide bonds. The Labute approximate surface area is 124 Å². The first-order chi connectivity index (χ1) is 10.2. The Kier molecular flexibility index (Phi) is 2.81. The number of hydrogen-bond acceptors (Lipinski definition) is 3. The number of amides is 1. The fraction of sp³-hybridized carbons (Fsp3) is 0.688. The maximum absolute atomic E-state index is 12.4. The first-order valence-electron chi connectivity index (χ1n) is 7.89. The summed E-state index contributed by atoms with van der Waals surface area (Å²) in [4.78, 5) is 12.4. The molecule has 4 aliphatic rings. The molecule has 1 heterocycles. The van der Waals surface area contributed by atoms with Crippen molar-refractivity contribution in [1.82, 2.24) is 10.2 Å². The maximum Gasteiger partial charge on any atom is 0.226 e. The van der Waals surface area contributed by atoms with Gasteiger partial charge in [0, 0.05) is 6.42 Å². The zero-order valence-corrected chi connectivity index (χ0v) is 12.1. The third kappa shape index (κ3) is 2.23. The van der Waals surface area contributed by atoms with Crippen LogP contribution in [0, 0.1) is 34.5 Å². The number of H-pyrrole nitrogens is 1. The highest BCUT2D eigenvalue weighted by atomic mass is 16.1. The van der Waals surface area contributed by atoms with E-state index >= 15 is 0 Å². The van der Waals surface area contributed by atoms with E-state index in [1.807, 2.05) is 6.07 Å². The van der Waals surface area contributed by atoms with Gasteiger partial charge >= 0.3 is 0 Å². The fourth-order valence-corrected chi connectivity index (χ4v) is 5.50. The Morgan fingerprint density at radius 1 is 1.33 bits per heavy atom. The third-order valence-corrected chi connectivity index (χ3v) is 5.72. The number of hydrogen-bond donors (Lipinski definition) is 2. The molecule has 1 aromatic heterocycles. The molecule has 5 heteroatoms. The number of rotatable bonds is 3. The number of carbonyl (C=O) groups excluding carboxylic acids is 1. The van der Waals surface area contributed by atoms with Crippen LogP contribution in [0.15, 0.2) is 6.20 Å². The molecule has 4 aliphatic carbocycles.